The number of ether oxygens (including phenoxy) is 1. The first-order valence-electron chi connectivity index (χ1n) is 6.26. The van der Waals surface area contributed by atoms with Crippen LogP contribution in [0.4, 0.5) is 5.69 Å². The second-order valence-electron chi connectivity index (χ2n) is 4.03. The number of hydrogen-bond donors (Lipinski definition) is 3. The summed E-state index contributed by atoms with van der Waals surface area (Å²) >= 11 is 0. The van der Waals surface area contributed by atoms with E-state index in [-0.39, 0.29) is 18.0 Å². The van der Waals surface area contributed by atoms with Gasteiger partial charge < -0.3 is 21.9 Å². The van der Waals surface area contributed by atoms with Gasteiger partial charge in [0, 0.05) is 0 Å². The van der Waals surface area contributed by atoms with Gasteiger partial charge in [-0.05, 0) is 25.0 Å². The van der Waals surface area contributed by atoms with E-state index in [9.17, 15) is 0 Å². The number of aliphatic imine (C=N–C) groups is 2. The van der Waals surface area contributed by atoms with Gasteiger partial charge in [0.2, 0.25) is 5.96 Å². The Morgan fingerprint density at radius 2 is 1.79 bits per heavy atom. The van der Waals surface area contributed by atoms with Crippen molar-refractivity contribution in [2.45, 2.75) is 32.8 Å². The lowest BCUT2D eigenvalue weighted by atomic mass is 10.2. The second kappa shape index (κ2) is 7.25. The fourth-order valence-electron chi connectivity index (χ4n) is 1.56. The summed E-state index contributed by atoms with van der Waals surface area (Å²) in [4.78, 5) is 7.82. The van der Waals surface area contributed by atoms with Crippen molar-refractivity contribution in [3.05, 3.63) is 24.3 Å². The van der Waals surface area contributed by atoms with Crippen LogP contribution in [0.25, 0.3) is 0 Å². The summed E-state index contributed by atoms with van der Waals surface area (Å²) in [6, 6.07) is 7.38. The maximum atomic E-state index is 5.88. The third-order valence-corrected chi connectivity index (χ3v) is 2.55. The van der Waals surface area contributed by atoms with Gasteiger partial charge in [0.15, 0.2) is 5.96 Å². The summed E-state index contributed by atoms with van der Waals surface area (Å²) in [5.74, 6) is 0.546. The molecule has 0 saturated carbocycles. The molecular weight excluding hydrogens is 242 g/mol. The Balaban J connectivity index is 2.99. The number of nitrogens with two attached hydrogens (primary N) is 3. The van der Waals surface area contributed by atoms with Crippen LogP contribution in [-0.2, 0) is 0 Å². The molecule has 6 nitrogen and oxygen atoms in total. The Hall–Kier alpha value is -2.24. The maximum absolute atomic E-state index is 5.88. The van der Waals surface area contributed by atoms with E-state index in [1.165, 1.54) is 0 Å². The molecule has 1 aromatic carbocycles. The molecule has 0 aliphatic rings. The average Bonchev–Trinajstić information content (AvgIpc) is 2.36. The van der Waals surface area contributed by atoms with Gasteiger partial charge in [0.1, 0.15) is 11.4 Å². The molecule has 0 unspecified atom stereocenters. The lowest BCUT2D eigenvalue weighted by Crippen LogP contribution is -2.26. The molecule has 1 aromatic rings. The molecule has 6 N–H and O–H groups in total. The molecule has 0 bridgehead atoms. The van der Waals surface area contributed by atoms with E-state index in [0.717, 1.165) is 12.8 Å². The zero-order valence-electron chi connectivity index (χ0n) is 11.3. The second-order valence-corrected chi connectivity index (χ2v) is 4.03. The van der Waals surface area contributed by atoms with Crippen molar-refractivity contribution in [2.75, 3.05) is 0 Å². The van der Waals surface area contributed by atoms with E-state index < -0.39 is 0 Å². The summed E-state index contributed by atoms with van der Waals surface area (Å²) in [7, 11) is 0. The van der Waals surface area contributed by atoms with Crippen molar-refractivity contribution >= 4 is 17.6 Å². The number of para-hydroxylation sites is 2. The van der Waals surface area contributed by atoms with Crippen LogP contribution in [0.15, 0.2) is 34.3 Å². The van der Waals surface area contributed by atoms with Gasteiger partial charge in [-0.25, -0.2) is 4.99 Å². The van der Waals surface area contributed by atoms with E-state index in [4.69, 9.17) is 21.9 Å². The maximum Gasteiger partial charge on any atom is 0.223 e. The lowest BCUT2D eigenvalue weighted by Gasteiger charge is -2.16. The van der Waals surface area contributed by atoms with Gasteiger partial charge in [-0.3, -0.25) is 0 Å². The molecule has 0 saturated heterocycles. The molecule has 0 aliphatic carbocycles. The highest BCUT2D eigenvalue weighted by Gasteiger charge is 2.08. The molecular formula is C13H21N5O. The SMILES string of the molecule is CCC(CC)Oc1ccccc1N=C(N)N=C(N)N. The average molecular weight is 263 g/mol. The number of benzene rings is 1. The van der Waals surface area contributed by atoms with Gasteiger partial charge in [-0.2, -0.15) is 4.99 Å². The Morgan fingerprint density at radius 1 is 1.16 bits per heavy atom. The molecule has 0 heterocycles. The first-order valence-corrected chi connectivity index (χ1v) is 6.26. The normalized spacial score (nSPS) is 11.4. The first kappa shape index (κ1) is 14.8. The van der Waals surface area contributed by atoms with Crippen molar-refractivity contribution in [1.82, 2.24) is 0 Å². The first-order chi connectivity index (χ1) is 9.06. The Kier molecular flexibility index (Phi) is 5.66. The van der Waals surface area contributed by atoms with Gasteiger partial charge in [-0.1, -0.05) is 26.0 Å². The van der Waals surface area contributed by atoms with E-state index >= 15 is 0 Å². The smallest absolute Gasteiger partial charge is 0.223 e. The summed E-state index contributed by atoms with van der Waals surface area (Å²) in [6.07, 6.45) is 2.01. The van der Waals surface area contributed by atoms with Crippen molar-refractivity contribution in [1.29, 1.82) is 0 Å². The van der Waals surface area contributed by atoms with Gasteiger partial charge in [-0.15, -0.1) is 0 Å². The molecule has 0 aromatic heterocycles. The fraction of sp³-hybridized carbons (Fsp3) is 0.385. The standard InChI is InChI=1S/C13H21N5O/c1-3-9(4-2)19-11-8-6-5-7-10(11)17-13(16)18-12(14)15/h5-9H,3-4H2,1-2H3,(H6,14,15,16,17,18). The summed E-state index contributed by atoms with van der Waals surface area (Å²) in [6.45, 7) is 4.15. The van der Waals surface area contributed by atoms with E-state index in [1.54, 1.807) is 6.07 Å². The minimum absolute atomic E-state index is 0.000553. The van der Waals surface area contributed by atoms with Crippen molar-refractivity contribution < 1.29 is 4.74 Å². The fourth-order valence-corrected chi connectivity index (χ4v) is 1.56. The van der Waals surface area contributed by atoms with Crippen LogP contribution in [0, 0.1) is 0 Å². The van der Waals surface area contributed by atoms with Crippen molar-refractivity contribution in [3.8, 4) is 5.75 Å². The summed E-state index contributed by atoms with van der Waals surface area (Å²) in [5, 5.41) is 0. The highest BCUT2D eigenvalue weighted by atomic mass is 16.5. The van der Waals surface area contributed by atoms with E-state index in [0.29, 0.717) is 11.4 Å². The van der Waals surface area contributed by atoms with Gasteiger partial charge in [0.25, 0.3) is 0 Å². The van der Waals surface area contributed by atoms with Crippen LogP contribution >= 0.6 is 0 Å². The van der Waals surface area contributed by atoms with E-state index in [1.807, 2.05) is 18.2 Å². The van der Waals surface area contributed by atoms with Crippen LogP contribution in [0.2, 0.25) is 0 Å². The zero-order chi connectivity index (χ0) is 14.3. The van der Waals surface area contributed by atoms with Crippen LogP contribution in [-0.4, -0.2) is 18.0 Å². The topological polar surface area (TPSA) is 112 Å². The lowest BCUT2D eigenvalue weighted by molar-refractivity contribution is 0.194. The van der Waals surface area contributed by atoms with Gasteiger partial charge >= 0.3 is 0 Å². The summed E-state index contributed by atoms with van der Waals surface area (Å²) < 4.78 is 5.88. The van der Waals surface area contributed by atoms with Crippen molar-refractivity contribution in [2.24, 2.45) is 27.2 Å². The van der Waals surface area contributed by atoms with Crippen LogP contribution < -0.4 is 21.9 Å². The third kappa shape index (κ3) is 4.87. The predicted octanol–water partition coefficient (Wildman–Crippen LogP) is 1.47. The molecule has 0 amide bonds. The van der Waals surface area contributed by atoms with Crippen molar-refractivity contribution in [3.63, 3.8) is 0 Å². The minimum atomic E-state index is -0.125. The van der Waals surface area contributed by atoms with E-state index in [2.05, 4.69) is 23.8 Å². The number of hydrogen-bond acceptors (Lipinski definition) is 2. The minimum Gasteiger partial charge on any atom is -0.488 e. The van der Waals surface area contributed by atoms with Crippen LogP contribution in [0.3, 0.4) is 0 Å². The Bertz CT molecular complexity index is 462. The Labute approximate surface area is 113 Å². The number of rotatable bonds is 5. The van der Waals surface area contributed by atoms with Crippen LogP contribution in [0.5, 0.6) is 5.75 Å². The zero-order valence-corrected chi connectivity index (χ0v) is 11.3. The highest BCUT2D eigenvalue weighted by Crippen LogP contribution is 2.28. The number of nitrogens with zero attached hydrogens (tertiary/aromatic N) is 2. The molecule has 19 heavy (non-hydrogen) atoms. The molecule has 0 aliphatic heterocycles. The largest absolute Gasteiger partial charge is 0.488 e. The van der Waals surface area contributed by atoms with Crippen LogP contribution in [0.1, 0.15) is 26.7 Å². The molecule has 6 heteroatoms. The number of guanidine groups is 2. The molecule has 0 spiro atoms. The monoisotopic (exact) mass is 263 g/mol. The molecule has 0 atom stereocenters. The summed E-state index contributed by atoms with van der Waals surface area (Å²) in [5.41, 5.74) is 16.7. The van der Waals surface area contributed by atoms with Gasteiger partial charge in [0.05, 0.1) is 6.10 Å². The Morgan fingerprint density at radius 3 is 2.37 bits per heavy atom. The predicted molar refractivity (Wildman–Crippen MR) is 78.5 cm³/mol. The molecule has 104 valence electrons. The third-order valence-electron chi connectivity index (χ3n) is 2.55. The molecule has 0 fully saturated rings. The highest BCUT2D eigenvalue weighted by molar-refractivity contribution is 5.93. The molecule has 1 rings (SSSR count). The molecule has 0 radical (unpaired) electrons. The quantitative estimate of drug-likeness (QED) is 0.551.